The Hall–Kier alpha value is -1.22. The molecule has 2 atom stereocenters. The molecular formula is C17H27NO2. The van der Waals surface area contributed by atoms with Gasteiger partial charge in [0, 0.05) is 12.1 Å². The molecule has 112 valence electrons. The molecule has 1 N–H and O–H groups in total. The maximum absolute atomic E-state index is 5.40. The Balaban J connectivity index is 2.21. The highest BCUT2D eigenvalue weighted by Gasteiger charge is 2.26. The summed E-state index contributed by atoms with van der Waals surface area (Å²) in [5.41, 5.74) is 1.34. The van der Waals surface area contributed by atoms with Crippen molar-refractivity contribution in [3.63, 3.8) is 0 Å². The van der Waals surface area contributed by atoms with Gasteiger partial charge in [-0.1, -0.05) is 19.8 Å². The normalized spacial score (nSPS) is 22.6. The quantitative estimate of drug-likeness (QED) is 0.859. The largest absolute Gasteiger partial charge is 0.497 e. The van der Waals surface area contributed by atoms with E-state index in [0.29, 0.717) is 12.0 Å². The highest BCUT2D eigenvalue weighted by molar-refractivity contribution is 5.40. The molecule has 2 rings (SSSR count). The van der Waals surface area contributed by atoms with E-state index in [4.69, 9.17) is 9.47 Å². The molecule has 0 bridgehead atoms. The molecule has 0 amide bonds. The lowest BCUT2D eigenvalue weighted by atomic mass is 9.80. The van der Waals surface area contributed by atoms with Gasteiger partial charge in [0.2, 0.25) is 0 Å². The Morgan fingerprint density at radius 2 is 1.70 bits per heavy atom. The van der Waals surface area contributed by atoms with E-state index in [0.717, 1.165) is 18.0 Å². The van der Waals surface area contributed by atoms with Crippen molar-refractivity contribution < 1.29 is 9.47 Å². The van der Waals surface area contributed by atoms with Crippen LogP contribution in [0.1, 0.15) is 50.5 Å². The SMILES string of the molecule is CCCNC1CCCCC1c1cc(OC)cc(OC)c1. The van der Waals surface area contributed by atoms with Gasteiger partial charge in [-0.15, -0.1) is 0 Å². The van der Waals surface area contributed by atoms with Crippen LogP contribution in [0.5, 0.6) is 11.5 Å². The summed E-state index contributed by atoms with van der Waals surface area (Å²) in [6.07, 6.45) is 6.35. The Morgan fingerprint density at radius 3 is 2.30 bits per heavy atom. The first-order valence-electron chi connectivity index (χ1n) is 7.74. The van der Waals surface area contributed by atoms with Crippen LogP contribution in [0, 0.1) is 0 Å². The van der Waals surface area contributed by atoms with Crippen LogP contribution in [0.25, 0.3) is 0 Å². The van der Waals surface area contributed by atoms with Crippen molar-refractivity contribution in [2.45, 2.75) is 51.0 Å². The maximum Gasteiger partial charge on any atom is 0.122 e. The second-order valence-corrected chi connectivity index (χ2v) is 5.60. The van der Waals surface area contributed by atoms with Gasteiger partial charge in [-0.2, -0.15) is 0 Å². The van der Waals surface area contributed by atoms with Gasteiger partial charge in [-0.3, -0.25) is 0 Å². The average Bonchev–Trinajstić information content (AvgIpc) is 2.52. The van der Waals surface area contributed by atoms with Gasteiger partial charge >= 0.3 is 0 Å². The summed E-state index contributed by atoms with van der Waals surface area (Å²) in [4.78, 5) is 0. The van der Waals surface area contributed by atoms with Crippen LogP contribution >= 0.6 is 0 Å². The smallest absolute Gasteiger partial charge is 0.122 e. The minimum Gasteiger partial charge on any atom is -0.497 e. The molecule has 1 aromatic rings. The Labute approximate surface area is 122 Å². The molecule has 0 aromatic heterocycles. The second-order valence-electron chi connectivity index (χ2n) is 5.60. The predicted octanol–water partition coefficient (Wildman–Crippen LogP) is 3.73. The molecule has 0 saturated heterocycles. The van der Waals surface area contributed by atoms with E-state index in [1.807, 2.05) is 6.07 Å². The lowest BCUT2D eigenvalue weighted by molar-refractivity contribution is 0.325. The molecular weight excluding hydrogens is 250 g/mol. The van der Waals surface area contributed by atoms with Gasteiger partial charge in [-0.25, -0.2) is 0 Å². The van der Waals surface area contributed by atoms with E-state index in [1.165, 1.54) is 37.7 Å². The number of ether oxygens (including phenoxy) is 2. The molecule has 0 radical (unpaired) electrons. The predicted molar refractivity (Wildman–Crippen MR) is 82.8 cm³/mol. The Morgan fingerprint density at radius 1 is 1.05 bits per heavy atom. The first kappa shape index (κ1) is 15.2. The van der Waals surface area contributed by atoms with Crippen LogP contribution in [0.4, 0.5) is 0 Å². The average molecular weight is 277 g/mol. The maximum atomic E-state index is 5.40. The summed E-state index contributed by atoms with van der Waals surface area (Å²) < 4.78 is 10.8. The third-order valence-electron chi connectivity index (χ3n) is 4.22. The summed E-state index contributed by atoms with van der Waals surface area (Å²) in [6, 6.07) is 6.86. The molecule has 1 aliphatic carbocycles. The molecule has 0 spiro atoms. The van der Waals surface area contributed by atoms with E-state index >= 15 is 0 Å². The first-order chi connectivity index (χ1) is 9.78. The third kappa shape index (κ3) is 3.66. The van der Waals surface area contributed by atoms with Gasteiger partial charge < -0.3 is 14.8 Å². The highest BCUT2D eigenvalue weighted by Crippen LogP contribution is 2.36. The minimum atomic E-state index is 0.569. The molecule has 3 nitrogen and oxygen atoms in total. The second kappa shape index (κ2) is 7.53. The number of hydrogen-bond donors (Lipinski definition) is 1. The molecule has 0 heterocycles. The number of hydrogen-bond acceptors (Lipinski definition) is 3. The van der Waals surface area contributed by atoms with E-state index in [9.17, 15) is 0 Å². The fraction of sp³-hybridized carbons (Fsp3) is 0.647. The van der Waals surface area contributed by atoms with Crippen molar-refractivity contribution in [2.75, 3.05) is 20.8 Å². The fourth-order valence-electron chi connectivity index (χ4n) is 3.15. The molecule has 3 heteroatoms. The van der Waals surface area contributed by atoms with Crippen LogP contribution in [0.15, 0.2) is 18.2 Å². The molecule has 2 unspecified atom stereocenters. The van der Waals surface area contributed by atoms with Crippen molar-refractivity contribution in [1.82, 2.24) is 5.32 Å². The van der Waals surface area contributed by atoms with Gasteiger partial charge in [-0.05, 0) is 49.4 Å². The standard InChI is InChI=1S/C17H27NO2/c1-4-9-18-17-8-6-5-7-16(17)13-10-14(19-2)12-15(11-13)20-3/h10-12,16-18H,4-9H2,1-3H3. The summed E-state index contributed by atoms with van der Waals surface area (Å²) >= 11 is 0. The summed E-state index contributed by atoms with van der Waals surface area (Å²) in [5.74, 6) is 2.35. The van der Waals surface area contributed by atoms with Crippen LogP contribution in [-0.4, -0.2) is 26.8 Å². The van der Waals surface area contributed by atoms with Crippen molar-refractivity contribution in [3.05, 3.63) is 23.8 Å². The lowest BCUT2D eigenvalue weighted by Gasteiger charge is -2.33. The van der Waals surface area contributed by atoms with Gasteiger partial charge in [0.1, 0.15) is 11.5 Å². The zero-order valence-electron chi connectivity index (χ0n) is 12.9. The fourth-order valence-corrected chi connectivity index (χ4v) is 3.15. The number of rotatable bonds is 6. The zero-order chi connectivity index (χ0) is 14.4. The molecule has 1 fully saturated rings. The number of benzene rings is 1. The number of nitrogens with one attached hydrogen (secondary N) is 1. The zero-order valence-corrected chi connectivity index (χ0v) is 12.9. The van der Waals surface area contributed by atoms with Crippen molar-refractivity contribution in [1.29, 1.82) is 0 Å². The molecule has 0 aliphatic heterocycles. The van der Waals surface area contributed by atoms with Gasteiger partial charge in [0.05, 0.1) is 14.2 Å². The molecule has 20 heavy (non-hydrogen) atoms. The molecule has 1 saturated carbocycles. The van der Waals surface area contributed by atoms with Crippen molar-refractivity contribution in [3.8, 4) is 11.5 Å². The Bertz CT molecular complexity index is 397. The van der Waals surface area contributed by atoms with Gasteiger partial charge in [0.25, 0.3) is 0 Å². The molecule has 1 aromatic carbocycles. The van der Waals surface area contributed by atoms with E-state index in [-0.39, 0.29) is 0 Å². The third-order valence-corrected chi connectivity index (χ3v) is 4.22. The Kier molecular flexibility index (Phi) is 5.72. The lowest BCUT2D eigenvalue weighted by Crippen LogP contribution is -2.37. The number of methoxy groups -OCH3 is 2. The highest BCUT2D eigenvalue weighted by atomic mass is 16.5. The van der Waals surface area contributed by atoms with E-state index in [2.05, 4.69) is 24.4 Å². The summed E-state index contributed by atoms with van der Waals surface area (Å²) in [7, 11) is 3.43. The minimum absolute atomic E-state index is 0.569. The summed E-state index contributed by atoms with van der Waals surface area (Å²) in [5, 5.41) is 3.71. The van der Waals surface area contributed by atoms with Crippen molar-refractivity contribution >= 4 is 0 Å². The van der Waals surface area contributed by atoms with E-state index < -0.39 is 0 Å². The first-order valence-corrected chi connectivity index (χ1v) is 7.74. The van der Waals surface area contributed by atoms with Crippen LogP contribution in [0.3, 0.4) is 0 Å². The topological polar surface area (TPSA) is 30.5 Å². The van der Waals surface area contributed by atoms with Crippen LogP contribution in [-0.2, 0) is 0 Å². The van der Waals surface area contributed by atoms with Gasteiger partial charge in [0.15, 0.2) is 0 Å². The van der Waals surface area contributed by atoms with Crippen LogP contribution < -0.4 is 14.8 Å². The molecule has 1 aliphatic rings. The monoisotopic (exact) mass is 277 g/mol. The summed E-state index contributed by atoms with van der Waals surface area (Å²) in [6.45, 7) is 3.32. The van der Waals surface area contributed by atoms with E-state index in [1.54, 1.807) is 14.2 Å². The van der Waals surface area contributed by atoms with Crippen LogP contribution in [0.2, 0.25) is 0 Å². The van der Waals surface area contributed by atoms with Crippen molar-refractivity contribution in [2.24, 2.45) is 0 Å².